The van der Waals surface area contributed by atoms with Gasteiger partial charge in [0.25, 0.3) is 0 Å². The number of carbonyl (C=O) groups is 1. The molecule has 1 fully saturated rings. The average Bonchev–Trinajstić information content (AvgIpc) is 2.15. The summed E-state index contributed by atoms with van der Waals surface area (Å²) in [7, 11) is 0. The Morgan fingerprint density at radius 2 is 2.46 bits per heavy atom. The van der Waals surface area contributed by atoms with Gasteiger partial charge in [-0.05, 0) is 19.4 Å². The summed E-state index contributed by atoms with van der Waals surface area (Å²) >= 11 is 0. The molecule has 1 saturated heterocycles. The lowest BCUT2D eigenvalue weighted by Crippen LogP contribution is -2.51. The second kappa shape index (κ2) is 5.02. The summed E-state index contributed by atoms with van der Waals surface area (Å²) in [6, 6.07) is 0.322. The highest BCUT2D eigenvalue weighted by molar-refractivity contribution is 5.87. The molecular weight excluding hydrogens is 164 g/mol. The fraction of sp³-hybridized carbons (Fsp3) is 0.700. The number of nitrogens with one attached hydrogen (secondary N) is 1. The molecule has 1 unspecified atom stereocenters. The number of carbonyl (C=O) groups excluding carboxylic acids is 1. The predicted molar refractivity (Wildman–Crippen MR) is 53.5 cm³/mol. The van der Waals surface area contributed by atoms with E-state index >= 15 is 0 Å². The number of piperazine rings is 1. The zero-order valence-corrected chi connectivity index (χ0v) is 8.42. The lowest BCUT2D eigenvalue weighted by atomic mass is 10.2. The van der Waals surface area contributed by atoms with Crippen LogP contribution in [-0.4, -0.2) is 36.5 Å². The van der Waals surface area contributed by atoms with Gasteiger partial charge in [-0.25, -0.2) is 0 Å². The fourth-order valence-corrected chi connectivity index (χ4v) is 1.48. The Morgan fingerprint density at radius 1 is 1.69 bits per heavy atom. The van der Waals surface area contributed by atoms with Crippen molar-refractivity contribution < 1.29 is 4.79 Å². The molecule has 0 aromatic carbocycles. The van der Waals surface area contributed by atoms with Crippen LogP contribution in [0.15, 0.2) is 12.2 Å². The van der Waals surface area contributed by atoms with Gasteiger partial charge in [0, 0.05) is 25.7 Å². The second-order valence-corrected chi connectivity index (χ2v) is 3.40. The first kappa shape index (κ1) is 10.3. The number of rotatable bonds is 2. The maximum absolute atomic E-state index is 11.6. The minimum Gasteiger partial charge on any atom is -0.334 e. The molecule has 3 nitrogen and oxygen atoms in total. The summed E-state index contributed by atoms with van der Waals surface area (Å²) in [5.41, 5.74) is 0. The number of amides is 1. The first-order valence-electron chi connectivity index (χ1n) is 4.93. The van der Waals surface area contributed by atoms with Crippen LogP contribution >= 0.6 is 0 Å². The van der Waals surface area contributed by atoms with Gasteiger partial charge in [0.2, 0.25) is 5.91 Å². The van der Waals surface area contributed by atoms with Crippen LogP contribution in [0.2, 0.25) is 0 Å². The SMILES string of the molecule is CC/C=C/C(=O)N1CCNCC1C. The Balaban J connectivity index is 2.48. The summed E-state index contributed by atoms with van der Waals surface area (Å²) in [6.45, 7) is 6.75. The van der Waals surface area contributed by atoms with Gasteiger partial charge in [0.05, 0.1) is 0 Å². The largest absolute Gasteiger partial charge is 0.334 e. The maximum Gasteiger partial charge on any atom is 0.246 e. The number of hydrogen-bond acceptors (Lipinski definition) is 2. The van der Waals surface area contributed by atoms with Gasteiger partial charge in [-0.2, -0.15) is 0 Å². The van der Waals surface area contributed by atoms with Crippen molar-refractivity contribution in [3.8, 4) is 0 Å². The number of nitrogens with zero attached hydrogens (tertiary/aromatic N) is 1. The van der Waals surface area contributed by atoms with Crippen molar-refractivity contribution in [1.29, 1.82) is 0 Å². The van der Waals surface area contributed by atoms with Crippen molar-refractivity contribution in [3.05, 3.63) is 12.2 Å². The first-order valence-corrected chi connectivity index (χ1v) is 4.93. The molecule has 1 N–H and O–H groups in total. The molecule has 1 atom stereocenters. The van der Waals surface area contributed by atoms with Crippen LogP contribution < -0.4 is 5.32 Å². The molecular formula is C10H18N2O. The maximum atomic E-state index is 11.6. The summed E-state index contributed by atoms with van der Waals surface area (Å²) in [5, 5.41) is 3.26. The molecule has 1 aliphatic rings. The molecule has 0 aromatic rings. The zero-order valence-electron chi connectivity index (χ0n) is 8.42. The molecule has 1 rings (SSSR count). The van der Waals surface area contributed by atoms with Crippen LogP contribution in [0.25, 0.3) is 0 Å². The van der Waals surface area contributed by atoms with Gasteiger partial charge in [0.15, 0.2) is 0 Å². The Labute approximate surface area is 79.8 Å². The average molecular weight is 182 g/mol. The molecule has 74 valence electrons. The summed E-state index contributed by atoms with van der Waals surface area (Å²) in [5.74, 6) is 0.149. The highest BCUT2D eigenvalue weighted by Crippen LogP contribution is 2.03. The van der Waals surface area contributed by atoms with Crippen molar-refractivity contribution in [2.75, 3.05) is 19.6 Å². The Morgan fingerprint density at radius 3 is 3.08 bits per heavy atom. The smallest absolute Gasteiger partial charge is 0.246 e. The molecule has 13 heavy (non-hydrogen) atoms. The van der Waals surface area contributed by atoms with Gasteiger partial charge in [0.1, 0.15) is 0 Å². The summed E-state index contributed by atoms with van der Waals surface area (Å²) in [6.07, 6.45) is 4.52. The number of hydrogen-bond donors (Lipinski definition) is 1. The molecule has 3 heteroatoms. The highest BCUT2D eigenvalue weighted by atomic mass is 16.2. The van der Waals surface area contributed by atoms with Crippen LogP contribution in [0, 0.1) is 0 Å². The van der Waals surface area contributed by atoms with Crippen LogP contribution in [0.4, 0.5) is 0 Å². The Hall–Kier alpha value is -0.830. The molecule has 0 saturated carbocycles. The van der Waals surface area contributed by atoms with E-state index in [1.807, 2.05) is 17.9 Å². The first-order chi connectivity index (χ1) is 6.25. The van der Waals surface area contributed by atoms with E-state index in [-0.39, 0.29) is 5.91 Å². The minimum absolute atomic E-state index is 0.149. The lowest BCUT2D eigenvalue weighted by Gasteiger charge is -2.33. The van der Waals surface area contributed by atoms with E-state index in [1.165, 1.54) is 0 Å². The van der Waals surface area contributed by atoms with Crippen molar-refractivity contribution in [2.24, 2.45) is 0 Å². The second-order valence-electron chi connectivity index (χ2n) is 3.40. The van der Waals surface area contributed by atoms with Gasteiger partial charge < -0.3 is 10.2 Å². The topological polar surface area (TPSA) is 32.3 Å². The molecule has 1 heterocycles. The highest BCUT2D eigenvalue weighted by Gasteiger charge is 2.20. The fourth-order valence-electron chi connectivity index (χ4n) is 1.48. The van der Waals surface area contributed by atoms with Crippen molar-refractivity contribution >= 4 is 5.91 Å². The third kappa shape index (κ3) is 2.84. The molecule has 1 amide bonds. The van der Waals surface area contributed by atoms with Crippen LogP contribution in [-0.2, 0) is 4.79 Å². The van der Waals surface area contributed by atoms with E-state index in [0.29, 0.717) is 6.04 Å². The van der Waals surface area contributed by atoms with E-state index in [0.717, 1.165) is 26.1 Å². The van der Waals surface area contributed by atoms with Crippen LogP contribution in [0.5, 0.6) is 0 Å². The molecule has 0 aliphatic carbocycles. The normalized spacial score (nSPS) is 23.8. The van der Waals surface area contributed by atoms with E-state index in [4.69, 9.17) is 0 Å². The lowest BCUT2D eigenvalue weighted by molar-refractivity contribution is -0.128. The van der Waals surface area contributed by atoms with E-state index in [1.54, 1.807) is 6.08 Å². The van der Waals surface area contributed by atoms with Crippen molar-refractivity contribution in [1.82, 2.24) is 10.2 Å². The molecule has 0 radical (unpaired) electrons. The van der Waals surface area contributed by atoms with Crippen LogP contribution in [0.1, 0.15) is 20.3 Å². The molecule has 1 aliphatic heterocycles. The third-order valence-electron chi connectivity index (χ3n) is 2.28. The third-order valence-corrected chi connectivity index (χ3v) is 2.28. The van der Waals surface area contributed by atoms with E-state index < -0.39 is 0 Å². The van der Waals surface area contributed by atoms with Gasteiger partial charge in [-0.15, -0.1) is 0 Å². The Kier molecular flexibility index (Phi) is 3.96. The molecule has 0 bridgehead atoms. The van der Waals surface area contributed by atoms with Crippen molar-refractivity contribution in [2.45, 2.75) is 26.3 Å². The monoisotopic (exact) mass is 182 g/mol. The predicted octanol–water partition coefficient (Wildman–Crippen LogP) is 0.773. The summed E-state index contributed by atoms with van der Waals surface area (Å²) < 4.78 is 0. The van der Waals surface area contributed by atoms with Gasteiger partial charge in [-0.1, -0.05) is 13.0 Å². The van der Waals surface area contributed by atoms with E-state index in [9.17, 15) is 4.79 Å². The van der Waals surface area contributed by atoms with Crippen molar-refractivity contribution in [3.63, 3.8) is 0 Å². The minimum atomic E-state index is 0.149. The zero-order chi connectivity index (χ0) is 9.68. The quantitative estimate of drug-likeness (QED) is 0.640. The number of allylic oxidation sites excluding steroid dienone is 1. The standard InChI is InChI=1S/C10H18N2O/c1-3-4-5-10(13)12-7-6-11-8-9(12)2/h4-5,9,11H,3,6-8H2,1-2H3/b5-4+. The Bertz CT molecular complexity index is 201. The van der Waals surface area contributed by atoms with Gasteiger partial charge in [-0.3, -0.25) is 4.79 Å². The van der Waals surface area contributed by atoms with Gasteiger partial charge >= 0.3 is 0 Å². The van der Waals surface area contributed by atoms with Crippen LogP contribution in [0.3, 0.4) is 0 Å². The molecule has 0 aromatic heterocycles. The van der Waals surface area contributed by atoms with E-state index in [2.05, 4.69) is 12.2 Å². The summed E-state index contributed by atoms with van der Waals surface area (Å²) in [4.78, 5) is 13.5. The molecule has 0 spiro atoms.